The second kappa shape index (κ2) is 5.54. The number of hydrogen-bond donors (Lipinski definition) is 1. The zero-order valence-electron chi connectivity index (χ0n) is 11.7. The summed E-state index contributed by atoms with van der Waals surface area (Å²) in [4.78, 5) is 13.2. The third-order valence-electron chi connectivity index (χ3n) is 3.75. The molecule has 1 aromatic carbocycles. The first-order valence-electron chi connectivity index (χ1n) is 6.48. The first kappa shape index (κ1) is 16.8. The number of halogens is 3. The van der Waals surface area contributed by atoms with Gasteiger partial charge in [-0.2, -0.15) is 13.2 Å². The van der Waals surface area contributed by atoms with Crippen LogP contribution in [0.25, 0.3) is 0 Å². The molecule has 9 heteroatoms. The Balaban J connectivity index is 2.26. The van der Waals surface area contributed by atoms with Gasteiger partial charge >= 0.3 is 6.18 Å². The molecule has 22 heavy (non-hydrogen) atoms. The Hall–Kier alpha value is -1.61. The van der Waals surface area contributed by atoms with Crippen molar-refractivity contribution < 1.29 is 26.4 Å². The van der Waals surface area contributed by atoms with E-state index >= 15 is 0 Å². The highest BCUT2D eigenvalue weighted by Crippen LogP contribution is 2.33. The quantitative estimate of drug-likeness (QED) is 0.911. The van der Waals surface area contributed by atoms with Crippen molar-refractivity contribution >= 4 is 15.9 Å². The van der Waals surface area contributed by atoms with Crippen molar-refractivity contribution in [2.24, 2.45) is 5.14 Å². The van der Waals surface area contributed by atoms with Gasteiger partial charge in [-0.25, -0.2) is 13.6 Å². The van der Waals surface area contributed by atoms with Gasteiger partial charge in [0.05, 0.1) is 11.6 Å². The van der Waals surface area contributed by atoms with Crippen LogP contribution in [0, 0.1) is 0 Å². The van der Waals surface area contributed by atoms with Crippen LogP contribution in [0.5, 0.6) is 0 Å². The molecule has 2 rings (SSSR count). The van der Waals surface area contributed by atoms with Crippen LogP contribution in [0.3, 0.4) is 0 Å². The predicted octanol–water partition coefficient (Wildman–Crippen LogP) is 1.66. The van der Waals surface area contributed by atoms with E-state index in [-0.39, 0.29) is 13.0 Å². The number of primary sulfonamides is 1. The molecule has 1 aromatic rings. The normalized spacial score (nSPS) is 21.2. The van der Waals surface area contributed by atoms with E-state index in [0.29, 0.717) is 5.56 Å². The molecule has 2 unspecified atom stereocenters. The zero-order valence-corrected chi connectivity index (χ0v) is 12.5. The molecule has 1 heterocycles. The lowest BCUT2D eigenvalue weighted by atomic mass is 10.0. The molecule has 1 aliphatic rings. The van der Waals surface area contributed by atoms with E-state index in [9.17, 15) is 26.4 Å². The topological polar surface area (TPSA) is 80.5 Å². The minimum absolute atomic E-state index is 0.116. The van der Waals surface area contributed by atoms with Crippen molar-refractivity contribution in [1.82, 2.24) is 4.90 Å². The molecule has 0 saturated carbocycles. The Morgan fingerprint density at radius 2 is 2.00 bits per heavy atom. The molecule has 0 aliphatic carbocycles. The molecule has 5 nitrogen and oxygen atoms in total. The highest BCUT2D eigenvalue weighted by molar-refractivity contribution is 7.89. The lowest BCUT2D eigenvalue weighted by Crippen LogP contribution is -2.33. The highest BCUT2D eigenvalue weighted by atomic mass is 32.2. The average molecular weight is 336 g/mol. The van der Waals surface area contributed by atoms with Crippen molar-refractivity contribution in [3.63, 3.8) is 0 Å². The summed E-state index contributed by atoms with van der Waals surface area (Å²) in [5, 5.41) is 4.01. The van der Waals surface area contributed by atoms with Crippen LogP contribution in [0.2, 0.25) is 0 Å². The molecule has 122 valence electrons. The number of carbonyl (C=O) groups excluding carboxylic acids is 1. The molecular formula is C13H15F3N2O3S. The Labute approximate surface area is 125 Å². The largest absolute Gasteiger partial charge is 0.416 e. The lowest BCUT2D eigenvalue weighted by Gasteiger charge is -2.25. The van der Waals surface area contributed by atoms with Crippen LogP contribution in [-0.4, -0.2) is 31.0 Å². The van der Waals surface area contributed by atoms with Gasteiger partial charge in [0.25, 0.3) is 0 Å². The number of nitrogens with zero attached hydrogens (tertiary/aromatic N) is 1. The molecule has 0 bridgehead atoms. The van der Waals surface area contributed by atoms with Gasteiger partial charge in [-0.3, -0.25) is 4.79 Å². The van der Waals surface area contributed by atoms with Crippen molar-refractivity contribution in [1.29, 1.82) is 0 Å². The summed E-state index contributed by atoms with van der Waals surface area (Å²) in [6, 6.07) is 3.96. The van der Waals surface area contributed by atoms with Gasteiger partial charge < -0.3 is 4.90 Å². The molecule has 1 fully saturated rings. The van der Waals surface area contributed by atoms with Crippen LogP contribution >= 0.6 is 0 Å². The summed E-state index contributed by atoms with van der Waals surface area (Å²) >= 11 is 0. The Bertz CT molecular complexity index is 688. The van der Waals surface area contributed by atoms with Crippen molar-refractivity contribution in [3.8, 4) is 0 Å². The van der Waals surface area contributed by atoms with E-state index in [2.05, 4.69) is 0 Å². The second-order valence-corrected chi connectivity index (χ2v) is 7.11. The van der Waals surface area contributed by atoms with Crippen LogP contribution < -0.4 is 5.14 Å². The second-order valence-electron chi connectivity index (χ2n) is 5.26. The maximum Gasteiger partial charge on any atom is 0.416 e. The van der Waals surface area contributed by atoms with E-state index in [1.54, 1.807) is 6.92 Å². The van der Waals surface area contributed by atoms with Crippen LogP contribution in [0.15, 0.2) is 24.3 Å². The predicted molar refractivity (Wildman–Crippen MR) is 73.1 cm³/mol. The third kappa shape index (κ3) is 3.41. The molecular weight excluding hydrogens is 321 g/mol. The summed E-state index contributed by atoms with van der Waals surface area (Å²) in [7, 11) is -3.86. The van der Waals surface area contributed by atoms with Gasteiger partial charge in [-0.05, 0) is 24.6 Å². The number of rotatable bonds is 3. The number of nitrogens with two attached hydrogens (primary N) is 1. The van der Waals surface area contributed by atoms with Gasteiger partial charge in [0, 0.05) is 13.0 Å². The van der Waals surface area contributed by atoms with E-state index in [0.717, 1.165) is 12.1 Å². The number of amides is 1. The molecule has 1 amide bonds. The number of carbonyl (C=O) groups is 1. The standard InChI is InChI=1S/C13H15F3N2O3S/c1-8(9-3-2-4-10(5-9)13(14,15)16)18-7-11(6-12(18)19)22(17,20)21/h2-5,8,11H,6-7H2,1H3,(H2,17,20,21). The van der Waals surface area contributed by atoms with Crippen molar-refractivity contribution in [2.45, 2.75) is 30.8 Å². The fraction of sp³-hybridized carbons (Fsp3) is 0.462. The Morgan fingerprint density at radius 3 is 2.50 bits per heavy atom. The first-order valence-corrected chi connectivity index (χ1v) is 8.09. The van der Waals surface area contributed by atoms with Crippen LogP contribution in [-0.2, 0) is 21.0 Å². The molecule has 0 radical (unpaired) electrons. The van der Waals surface area contributed by atoms with Crippen molar-refractivity contribution in [2.75, 3.05) is 6.54 Å². The monoisotopic (exact) mass is 336 g/mol. The summed E-state index contributed by atoms with van der Waals surface area (Å²) < 4.78 is 60.8. The van der Waals surface area contributed by atoms with Crippen LogP contribution in [0.4, 0.5) is 13.2 Å². The summed E-state index contributed by atoms with van der Waals surface area (Å²) in [6.45, 7) is 1.44. The molecule has 2 N–H and O–H groups in total. The fourth-order valence-corrected chi connectivity index (χ4v) is 3.19. The molecule has 1 saturated heterocycles. The highest BCUT2D eigenvalue weighted by Gasteiger charge is 2.39. The minimum atomic E-state index is -4.48. The number of likely N-dealkylation sites (tertiary alicyclic amines) is 1. The van der Waals surface area contributed by atoms with Gasteiger partial charge in [-0.15, -0.1) is 0 Å². The fourth-order valence-electron chi connectivity index (χ4n) is 2.45. The number of alkyl halides is 3. The third-order valence-corrected chi connectivity index (χ3v) is 5.00. The average Bonchev–Trinajstić information content (AvgIpc) is 2.79. The summed E-state index contributed by atoms with van der Waals surface area (Å²) in [5.74, 6) is -0.441. The van der Waals surface area contributed by atoms with Gasteiger partial charge in [0.15, 0.2) is 0 Å². The first-order chi connectivity index (χ1) is 10.00. The maximum atomic E-state index is 12.7. The van der Waals surface area contributed by atoms with Crippen LogP contribution in [0.1, 0.15) is 30.5 Å². The Kier molecular flexibility index (Phi) is 4.22. The van der Waals surface area contributed by atoms with Gasteiger partial charge in [0.2, 0.25) is 15.9 Å². The molecule has 1 aliphatic heterocycles. The number of benzene rings is 1. The van der Waals surface area contributed by atoms with Gasteiger partial charge in [0.1, 0.15) is 5.25 Å². The smallest absolute Gasteiger partial charge is 0.335 e. The Morgan fingerprint density at radius 1 is 1.36 bits per heavy atom. The van der Waals surface area contributed by atoms with E-state index < -0.39 is 39.0 Å². The molecule has 0 aromatic heterocycles. The van der Waals surface area contributed by atoms with E-state index in [4.69, 9.17) is 5.14 Å². The summed E-state index contributed by atoms with van der Waals surface area (Å²) in [5.41, 5.74) is -0.523. The van der Waals surface area contributed by atoms with E-state index in [1.165, 1.54) is 17.0 Å². The van der Waals surface area contributed by atoms with Gasteiger partial charge in [-0.1, -0.05) is 12.1 Å². The van der Waals surface area contributed by atoms with E-state index in [1.807, 2.05) is 0 Å². The minimum Gasteiger partial charge on any atom is -0.335 e. The number of sulfonamides is 1. The maximum absolute atomic E-state index is 12.7. The lowest BCUT2D eigenvalue weighted by molar-refractivity contribution is -0.137. The number of hydrogen-bond acceptors (Lipinski definition) is 3. The van der Waals surface area contributed by atoms with Crippen molar-refractivity contribution in [3.05, 3.63) is 35.4 Å². The summed E-state index contributed by atoms with van der Waals surface area (Å²) in [6.07, 6.45) is -4.73. The molecule has 2 atom stereocenters. The zero-order chi connectivity index (χ0) is 16.7. The molecule has 0 spiro atoms. The SMILES string of the molecule is CC(c1cccc(C(F)(F)F)c1)N1CC(S(N)(=O)=O)CC1=O.